The van der Waals surface area contributed by atoms with Crippen molar-refractivity contribution >= 4 is 29.4 Å². The van der Waals surface area contributed by atoms with E-state index in [-0.39, 0.29) is 22.0 Å². The maximum Gasteiger partial charge on any atom is 0.288 e. The molecule has 0 aliphatic carbocycles. The number of amides is 1. The minimum absolute atomic E-state index is 0.0143. The molecule has 1 amide bonds. The molecule has 112 valence electrons. The molecule has 2 N–H and O–H groups in total. The molecule has 7 nitrogen and oxygen atoms in total. The van der Waals surface area contributed by atoms with E-state index in [4.69, 9.17) is 11.6 Å². The standard InChI is InChI=1S/C14H10ClN3O4/c15-11-6-5-9(7-12(11)18(21)22)8-16-17-14(20)10-3-1-2-4-13(10)19/h1-8,19H,(H,17,20)/b16-8+. The van der Waals surface area contributed by atoms with Crippen molar-refractivity contribution < 1.29 is 14.8 Å². The summed E-state index contributed by atoms with van der Waals surface area (Å²) in [5, 5.41) is 24.0. The fourth-order valence-electron chi connectivity index (χ4n) is 1.64. The number of nitrogens with zero attached hydrogens (tertiary/aromatic N) is 2. The van der Waals surface area contributed by atoms with Crippen molar-refractivity contribution in [3.63, 3.8) is 0 Å². The average molecular weight is 320 g/mol. The Hall–Kier alpha value is -2.93. The van der Waals surface area contributed by atoms with Gasteiger partial charge in [0.25, 0.3) is 11.6 Å². The first kappa shape index (κ1) is 15.5. The number of hydrogen-bond acceptors (Lipinski definition) is 5. The number of benzene rings is 2. The second-order valence-electron chi connectivity index (χ2n) is 4.18. The predicted molar refractivity (Wildman–Crippen MR) is 81.3 cm³/mol. The second-order valence-corrected chi connectivity index (χ2v) is 4.59. The van der Waals surface area contributed by atoms with E-state index in [1.807, 2.05) is 0 Å². The van der Waals surface area contributed by atoms with E-state index in [2.05, 4.69) is 10.5 Å². The maximum absolute atomic E-state index is 11.8. The van der Waals surface area contributed by atoms with Gasteiger partial charge in [-0.25, -0.2) is 5.43 Å². The maximum atomic E-state index is 11.8. The van der Waals surface area contributed by atoms with Crippen LogP contribution < -0.4 is 5.43 Å². The van der Waals surface area contributed by atoms with Gasteiger partial charge in [0.2, 0.25) is 0 Å². The highest BCUT2D eigenvalue weighted by Gasteiger charge is 2.12. The summed E-state index contributed by atoms with van der Waals surface area (Å²) >= 11 is 5.69. The number of aromatic hydroxyl groups is 1. The first-order valence-corrected chi connectivity index (χ1v) is 6.42. The zero-order chi connectivity index (χ0) is 16.1. The Labute approximate surface area is 130 Å². The van der Waals surface area contributed by atoms with Crippen molar-refractivity contribution in [1.29, 1.82) is 0 Å². The number of nitro groups is 1. The number of carbonyl (C=O) groups excluding carboxylic acids is 1. The molecule has 2 aromatic rings. The fourth-order valence-corrected chi connectivity index (χ4v) is 1.83. The monoisotopic (exact) mass is 319 g/mol. The summed E-state index contributed by atoms with van der Waals surface area (Å²) < 4.78 is 0. The van der Waals surface area contributed by atoms with Crippen LogP contribution in [-0.4, -0.2) is 22.2 Å². The Balaban J connectivity index is 2.10. The zero-order valence-corrected chi connectivity index (χ0v) is 11.8. The summed E-state index contributed by atoms with van der Waals surface area (Å²) in [6, 6.07) is 10.1. The molecule has 2 aromatic carbocycles. The van der Waals surface area contributed by atoms with Crippen LogP contribution in [0.15, 0.2) is 47.6 Å². The van der Waals surface area contributed by atoms with Crippen LogP contribution in [0.4, 0.5) is 5.69 Å². The molecule has 2 rings (SSSR count). The Morgan fingerprint density at radius 2 is 2.05 bits per heavy atom. The number of phenols is 1. The van der Waals surface area contributed by atoms with E-state index < -0.39 is 10.8 Å². The Morgan fingerprint density at radius 1 is 1.32 bits per heavy atom. The van der Waals surface area contributed by atoms with Gasteiger partial charge in [0, 0.05) is 11.6 Å². The van der Waals surface area contributed by atoms with Gasteiger partial charge in [0.15, 0.2) is 0 Å². The van der Waals surface area contributed by atoms with Crippen LogP contribution in [0.1, 0.15) is 15.9 Å². The number of carbonyl (C=O) groups is 1. The summed E-state index contributed by atoms with van der Waals surface area (Å²) in [5.74, 6) is -0.768. The number of hydrogen-bond donors (Lipinski definition) is 2. The molecule has 0 bridgehead atoms. The molecular formula is C14H10ClN3O4. The lowest BCUT2D eigenvalue weighted by Gasteiger charge is -2.02. The van der Waals surface area contributed by atoms with Crippen LogP contribution in [-0.2, 0) is 0 Å². The van der Waals surface area contributed by atoms with Crippen LogP contribution in [0.5, 0.6) is 5.75 Å². The number of para-hydroxylation sites is 1. The van der Waals surface area contributed by atoms with E-state index in [1.165, 1.54) is 36.5 Å². The lowest BCUT2D eigenvalue weighted by atomic mass is 10.2. The molecule has 0 saturated heterocycles. The van der Waals surface area contributed by atoms with E-state index in [0.29, 0.717) is 5.56 Å². The van der Waals surface area contributed by atoms with Gasteiger partial charge < -0.3 is 5.11 Å². The first-order valence-electron chi connectivity index (χ1n) is 6.04. The lowest BCUT2D eigenvalue weighted by molar-refractivity contribution is -0.384. The van der Waals surface area contributed by atoms with Crippen LogP contribution in [0.3, 0.4) is 0 Å². The molecule has 0 unspecified atom stereocenters. The predicted octanol–water partition coefficient (Wildman–Crippen LogP) is 2.72. The number of phenolic OH excluding ortho intramolecular Hbond substituents is 1. The van der Waals surface area contributed by atoms with Crippen molar-refractivity contribution in [2.45, 2.75) is 0 Å². The summed E-state index contributed by atoms with van der Waals surface area (Å²) in [5.41, 5.74) is 2.44. The van der Waals surface area contributed by atoms with Crippen LogP contribution >= 0.6 is 11.6 Å². The van der Waals surface area contributed by atoms with Gasteiger partial charge in [0.1, 0.15) is 10.8 Å². The van der Waals surface area contributed by atoms with Crippen molar-refractivity contribution in [3.05, 3.63) is 68.7 Å². The summed E-state index contributed by atoms with van der Waals surface area (Å²) in [4.78, 5) is 21.9. The molecule has 0 aliphatic heterocycles. The van der Waals surface area contributed by atoms with Crippen LogP contribution in [0, 0.1) is 10.1 Å². The molecule has 0 aliphatic rings. The molecule has 0 radical (unpaired) electrons. The van der Waals surface area contributed by atoms with E-state index >= 15 is 0 Å². The smallest absolute Gasteiger partial charge is 0.288 e. The highest BCUT2D eigenvalue weighted by Crippen LogP contribution is 2.24. The molecule has 0 fully saturated rings. The third-order valence-electron chi connectivity index (χ3n) is 2.70. The fraction of sp³-hybridized carbons (Fsp3) is 0. The van der Waals surface area contributed by atoms with Crippen LogP contribution in [0.2, 0.25) is 5.02 Å². The quantitative estimate of drug-likeness (QED) is 0.513. The van der Waals surface area contributed by atoms with Crippen molar-refractivity contribution in [3.8, 4) is 5.75 Å². The third kappa shape index (κ3) is 3.58. The zero-order valence-electron chi connectivity index (χ0n) is 11.1. The Morgan fingerprint density at radius 3 is 2.73 bits per heavy atom. The second kappa shape index (κ2) is 6.68. The van der Waals surface area contributed by atoms with Crippen LogP contribution in [0.25, 0.3) is 0 Å². The van der Waals surface area contributed by atoms with Gasteiger partial charge in [-0.15, -0.1) is 0 Å². The van der Waals surface area contributed by atoms with Crippen molar-refractivity contribution in [1.82, 2.24) is 5.43 Å². The summed E-state index contributed by atoms with van der Waals surface area (Å²) in [6.07, 6.45) is 1.24. The number of rotatable bonds is 4. The van der Waals surface area contributed by atoms with Gasteiger partial charge >= 0.3 is 0 Å². The number of nitrogens with one attached hydrogen (secondary N) is 1. The normalized spacial score (nSPS) is 10.6. The minimum atomic E-state index is -0.611. The number of nitro benzene ring substituents is 1. The van der Waals surface area contributed by atoms with E-state index in [0.717, 1.165) is 0 Å². The van der Waals surface area contributed by atoms with Gasteiger partial charge in [-0.05, 0) is 18.2 Å². The van der Waals surface area contributed by atoms with Gasteiger partial charge in [-0.2, -0.15) is 5.10 Å². The number of halogens is 1. The molecule has 0 atom stereocenters. The van der Waals surface area contributed by atoms with Crippen molar-refractivity contribution in [2.24, 2.45) is 5.10 Å². The van der Waals surface area contributed by atoms with Gasteiger partial charge in [0.05, 0.1) is 16.7 Å². The minimum Gasteiger partial charge on any atom is -0.507 e. The van der Waals surface area contributed by atoms with E-state index in [9.17, 15) is 20.0 Å². The van der Waals surface area contributed by atoms with E-state index in [1.54, 1.807) is 12.1 Å². The molecule has 0 spiro atoms. The largest absolute Gasteiger partial charge is 0.507 e. The summed E-state index contributed by atoms with van der Waals surface area (Å²) in [6.45, 7) is 0. The molecular weight excluding hydrogens is 310 g/mol. The third-order valence-corrected chi connectivity index (χ3v) is 3.01. The number of hydrazone groups is 1. The average Bonchev–Trinajstić information content (AvgIpc) is 2.49. The molecule has 0 heterocycles. The Kier molecular flexibility index (Phi) is 4.70. The highest BCUT2D eigenvalue weighted by atomic mass is 35.5. The lowest BCUT2D eigenvalue weighted by Crippen LogP contribution is -2.17. The van der Waals surface area contributed by atoms with Crippen molar-refractivity contribution in [2.75, 3.05) is 0 Å². The van der Waals surface area contributed by atoms with Gasteiger partial charge in [-0.3, -0.25) is 14.9 Å². The molecule has 22 heavy (non-hydrogen) atoms. The van der Waals surface area contributed by atoms with Gasteiger partial charge in [-0.1, -0.05) is 29.8 Å². The first-order chi connectivity index (χ1) is 10.5. The SMILES string of the molecule is O=C(N/N=C/c1ccc(Cl)c([N+](=O)[O-])c1)c1ccccc1O. The molecule has 0 aromatic heterocycles. The molecule has 8 heteroatoms. The Bertz CT molecular complexity index is 762. The molecule has 0 saturated carbocycles. The topological polar surface area (TPSA) is 105 Å². The highest BCUT2D eigenvalue weighted by molar-refractivity contribution is 6.32. The summed E-state index contributed by atoms with van der Waals surface area (Å²) in [7, 11) is 0.